The fourth-order valence-corrected chi connectivity index (χ4v) is 3.50. The SMILES string of the molecule is CCN(C)c1ccc(Nc2ccc(N3CCC(C)CC3)cc2)cc1N=CC=O. The van der Waals surface area contributed by atoms with Gasteiger partial charge in [-0.1, -0.05) is 6.92 Å². The summed E-state index contributed by atoms with van der Waals surface area (Å²) in [5.41, 5.74) is 5.05. The summed E-state index contributed by atoms with van der Waals surface area (Å²) in [6, 6.07) is 14.7. The van der Waals surface area contributed by atoms with Gasteiger partial charge in [0.1, 0.15) is 0 Å². The summed E-state index contributed by atoms with van der Waals surface area (Å²) in [7, 11) is 2.02. The normalized spacial score (nSPS) is 15.0. The minimum atomic E-state index is 0.704. The number of nitrogens with one attached hydrogen (secondary N) is 1. The van der Waals surface area contributed by atoms with Crippen LogP contribution in [0.4, 0.5) is 28.4 Å². The van der Waals surface area contributed by atoms with Crippen LogP contribution in [0.2, 0.25) is 0 Å². The van der Waals surface area contributed by atoms with Crippen LogP contribution in [-0.2, 0) is 4.79 Å². The molecule has 0 unspecified atom stereocenters. The average Bonchev–Trinajstić information content (AvgIpc) is 2.73. The van der Waals surface area contributed by atoms with Crippen molar-refractivity contribution in [2.75, 3.05) is 41.8 Å². The molecule has 1 fully saturated rings. The van der Waals surface area contributed by atoms with E-state index in [1.807, 2.05) is 25.2 Å². The lowest BCUT2D eigenvalue weighted by molar-refractivity contribution is -0.102. The lowest BCUT2D eigenvalue weighted by Gasteiger charge is -2.32. The zero-order valence-corrected chi connectivity index (χ0v) is 17.1. The van der Waals surface area contributed by atoms with Crippen molar-refractivity contribution in [1.29, 1.82) is 0 Å². The molecule has 1 heterocycles. The molecule has 3 rings (SSSR count). The number of rotatable bonds is 7. The maximum atomic E-state index is 10.7. The second-order valence-corrected chi connectivity index (χ2v) is 7.47. The summed E-state index contributed by atoms with van der Waals surface area (Å²) in [5.74, 6) is 0.836. The summed E-state index contributed by atoms with van der Waals surface area (Å²) >= 11 is 0. The summed E-state index contributed by atoms with van der Waals surface area (Å²) < 4.78 is 0. The van der Waals surface area contributed by atoms with E-state index in [1.54, 1.807) is 0 Å². The molecular weight excluding hydrogens is 348 g/mol. The van der Waals surface area contributed by atoms with Gasteiger partial charge in [-0.2, -0.15) is 0 Å². The summed E-state index contributed by atoms with van der Waals surface area (Å²) in [6.07, 6.45) is 4.53. The van der Waals surface area contributed by atoms with Crippen LogP contribution in [0, 0.1) is 5.92 Å². The van der Waals surface area contributed by atoms with E-state index in [0.717, 1.165) is 48.3 Å². The zero-order valence-electron chi connectivity index (χ0n) is 17.1. The molecule has 0 aliphatic carbocycles. The van der Waals surface area contributed by atoms with Crippen LogP contribution >= 0.6 is 0 Å². The number of aldehydes is 1. The number of piperidine rings is 1. The number of hydrogen-bond acceptors (Lipinski definition) is 5. The molecule has 2 aromatic carbocycles. The van der Waals surface area contributed by atoms with Gasteiger partial charge in [0, 0.05) is 43.7 Å². The van der Waals surface area contributed by atoms with Crippen molar-refractivity contribution in [3.8, 4) is 0 Å². The fraction of sp³-hybridized carbons (Fsp3) is 0.391. The molecule has 1 N–H and O–H groups in total. The van der Waals surface area contributed by atoms with Gasteiger partial charge in [-0.3, -0.25) is 9.79 Å². The monoisotopic (exact) mass is 378 g/mol. The maximum Gasteiger partial charge on any atom is 0.161 e. The Balaban J connectivity index is 1.74. The third-order valence-electron chi connectivity index (χ3n) is 5.44. The van der Waals surface area contributed by atoms with Gasteiger partial charge in [0.05, 0.1) is 17.6 Å². The van der Waals surface area contributed by atoms with Crippen molar-refractivity contribution in [2.24, 2.45) is 10.9 Å². The van der Waals surface area contributed by atoms with Crippen LogP contribution in [0.25, 0.3) is 0 Å². The van der Waals surface area contributed by atoms with Gasteiger partial charge in [-0.05, 0) is 68.1 Å². The largest absolute Gasteiger partial charge is 0.373 e. The van der Waals surface area contributed by atoms with E-state index in [4.69, 9.17) is 0 Å². The Morgan fingerprint density at radius 1 is 1.14 bits per heavy atom. The number of aliphatic imine (C=N–C) groups is 1. The molecule has 0 bridgehead atoms. The highest BCUT2D eigenvalue weighted by Gasteiger charge is 2.15. The predicted molar refractivity (Wildman–Crippen MR) is 120 cm³/mol. The number of carbonyl (C=O) groups is 1. The minimum absolute atomic E-state index is 0.704. The molecule has 0 amide bonds. The lowest BCUT2D eigenvalue weighted by Crippen LogP contribution is -2.32. The number of benzene rings is 2. The molecule has 0 radical (unpaired) electrons. The van der Waals surface area contributed by atoms with E-state index in [9.17, 15) is 4.79 Å². The Kier molecular flexibility index (Phi) is 6.69. The molecule has 5 nitrogen and oxygen atoms in total. The number of carbonyl (C=O) groups excluding carboxylic acids is 1. The molecule has 0 aromatic heterocycles. The molecule has 1 saturated heterocycles. The van der Waals surface area contributed by atoms with Crippen molar-refractivity contribution in [3.63, 3.8) is 0 Å². The standard InChI is InChI=1S/C23H30N4O/c1-4-26(3)23-10-7-20(17-22(23)24-13-16-28)25-19-5-8-21(9-6-19)27-14-11-18(2)12-15-27/h5-10,13,16-18,25H,4,11-12,14-15H2,1-3H3. The van der Waals surface area contributed by atoms with Gasteiger partial charge >= 0.3 is 0 Å². The Hall–Kier alpha value is -2.82. The summed E-state index contributed by atoms with van der Waals surface area (Å²) in [4.78, 5) is 19.6. The predicted octanol–water partition coefficient (Wildman–Crippen LogP) is 5.02. The summed E-state index contributed by atoms with van der Waals surface area (Å²) in [6.45, 7) is 7.56. The highest BCUT2D eigenvalue weighted by molar-refractivity contribution is 6.14. The molecule has 0 atom stereocenters. The van der Waals surface area contributed by atoms with Crippen LogP contribution in [0.5, 0.6) is 0 Å². The Morgan fingerprint density at radius 2 is 1.82 bits per heavy atom. The fourth-order valence-electron chi connectivity index (χ4n) is 3.50. The first kappa shape index (κ1) is 19.9. The second-order valence-electron chi connectivity index (χ2n) is 7.47. The van der Waals surface area contributed by atoms with E-state index in [0.29, 0.717) is 6.29 Å². The van der Waals surface area contributed by atoms with E-state index in [2.05, 4.69) is 58.2 Å². The van der Waals surface area contributed by atoms with Crippen LogP contribution in [-0.4, -0.2) is 39.2 Å². The van der Waals surface area contributed by atoms with Crippen LogP contribution in [0.1, 0.15) is 26.7 Å². The van der Waals surface area contributed by atoms with E-state index < -0.39 is 0 Å². The molecule has 28 heavy (non-hydrogen) atoms. The third kappa shape index (κ3) is 4.91. The van der Waals surface area contributed by atoms with Gasteiger partial charge < -0.3 is 15.1 Å². The molecular formula is C23H30N4O. The van der Waals surface area contributed by atoms with Crippen LogP contribution in [0.3, 0.4) is 0 Å². The van der Waals surface area contributed by atoms with Crippen molar-refractivity contribution < 1.29 is 4.79 Å². The topological polar surface area (TPSA) is 47.9 Å². The lowest BCUT2D eigenvalue weighted by atomic mass is 9.99. The van der Waals surface area contributed by atoms with E-state index in [1.165, 1.54) is 24.7 Å². The number of anilines is 4. The van der Waals surface area contributed by atoms with Gasteiger partial charge in [-0.25, -0.2) is 0 Å². The first-order valence-electron chi connectivity index (χ1n) is 10.1. The van der Waals surface area contributed by atoms with Crippen molar-refractivity contribution in [1.82, 2.24) is 0 Å². The molecule has 1 aliphatic heterocycles. The number of nitrogens with zero attached hydrogens (tertiary/aromatic N) is 3. The highest BCUT2D eigenvalue weighted by Crippen LogP contribution is 2.32. The second kappa shape index (κ2) is 9.40. The molecule has 0 spiro atoms. The quantitative estimate of drug-likeness (QED) is 0.543. The Morgan fingerprint density at radius 3 is 2.46 bits per heavy atom. The zero-order chi connectivity index (χ0) is 19.9. The molecule has 5 heteroatoms. The van der Waals surface area contributed by atoms with Crippen LogP contribution in [0.15, 0.2) is 47.5 Å². The van der Waals surface area contributed by atoms with Gasteiger partial charge in [0.25, 0.3) is 0 Å². The minimum Gasteiger partial charge on any atom is -0.373 e. The first-order valence-corrected chi connectivity index (χ1v) is 10.1. The molecule has 1 aliphatic rings. The first-order chi connectivity index (χ1) is 13.6. The van der Waals surface area contributed by atoms with E-state index >= 15 is 0 Å². The van der Waals surface area contributed by atoms with Gasteiger partial charge in [0.2, 0.25) is 0 Å². The summed E-state index contributed by atoms with van der Waals surface area (Å²) in [5, 5.41) is 3.44. The number of hydrogen-bond donors (Lipinski definition) is 1. The van der Waals surface area contributed by atoms with Crippen molar-refractivity contribution in [3.05, 3.63) is 42.5 Å². The molecule has 2 aromatic rings. The molecule has 0 saturated carbocycles. The Bertz CT molecular complexity index is 808. The average molecular weight is 379 g/mol. The third-order valence-corrected chi connectivity index (χ3v) is 5.44. The maximum absolute atomic E-state index is 10.7. The smallest absolute Gasteiger partial charge is 0.161 e. The van der Waals surface area contributed by atoms with Gasteiger partial charge in [0.15, 0.2) is 6.29 Å². The van der Waals surface area contributed by atoms with E-state index in [-0.39, 0.29) is 0 Å². The molecule has 148 valence electrons. The van der Waals surface area contributed by atoms with Crippen molar-refractivity contribution in [2.45, 2.75) is 26.7 Å². The van der Waals surface area contributed by atoms with Crippen LogP contribution < -0.4 is 15.1 Å². The highest BCUT2D eigenvalue weighted by atomic mass is 16.1. The van der Waals surface area contributed by atoms with Crippen molar-refractivity contribution >= 4 is 40.9 Å². The van der Waals surface area contributed by atoms with Gasteiger partial charge in [-0.15, -0.1) is 0 Å². The Labute approximate surface area is 168 Å².